The molecule has 2 N–H and O–H groups in total. The van der Waals surface area contributed by atoms with E-state index in [1.54, 1.807) is 6.07 Å². The molecule has 1 aromatic carbocycles. The minimum atomic E-state index is -0.826. The summed E-state index contributed by atoms with van der Waals surface area (Å²) < 4.78 is 26.7. The molecule has 1 unspecified atom stereocenters. The second kappa shape index (κ2) is 6.41. The van der Waals surface area contributed by atoms with Crippen molar-refractivity contribution >= 4 is 0 Å². The minimum Gasteiger partial charge on any atom is -0.324 e. The zero-order chi connectivity index (χ0) is 13.8. The average Bonchev–Trinajstić information content (AvgIpc) is 2.41. The maximum atomic E-state index is 13.6. The van der Waals surface area contributed by atoms with Crippen molar-refractivity contribution in [2.24, 2.45) is 5.73 Å². The van der Waals surface area contributed by atoms with Gasteiger partial charge in [-0.05, 0) is 19.5 Å². The van der Waals surface area contributed by atoms with Gasteiger partial charge in [0, 0.05) is 44.3 Å². The fourth-order valence-corrected chi connectivity index (χ4v) is 2.36. The second-order valence-electron chi connectivity index (χ2n) is 5.18. The Kier molecular flexibility index (Phi) is 4.85. The lowest BCUT2D eigenvalue weighted by Crippen LogP contribution is -2.45. The third kappa shape index (κ3) is 3.72. The summed E-state index contributed by atoms with van der Waals surface area (Å²) in [5.41, 5.74) is 6.24. The first-order chi connectivity index (χ1) is 9.08. The molecule has 19 heavy (non-hydrogen) atoms. The van der Waals surface area contributed by atoms with Crippen LogP contribution in [0.2, 0.25) is 0 Å². The first kappa shape index (κ1) is 14.4. The number of rotatable bonds is 4. The van der Waals surface area contributed by atoms with Crippen molar-refractivity contribution in [3.05, 3.63) is 35.4 Å². The van der Waals surface area contributed by atoms with Crippen LogP contribution in [0.3, 0.4) is 0 Å². The van der Waals surface area contributed by atoms with Gasteiger partial charge in [-0.1, -0.05) is 12.1 Å². The molecule has 1 heterocycles. The van der Waals surface area contributed by atoms with Crippen molar-refractivity contribution in [3.8, 4) is 0 Å². The Morgan fingerprint density at radius 3 is 2.58 bits per heavy atom. The van der Waals surface area contributed by atoms with Crippen molar-refractivity contribution in [3.63, 3.8) is 0 Å². The van der Waals surface area contributed by atoms with Gasteiger partial charge in [-0.2, -0.15) is 0 Å². The summed E-state index contributed by atoms with van der Waals surface area (Å²) in [6, 6.07) is 3.73. The Labute approximate surface area is 113 Å². The van der Waals surface area contributed by atoms with Gasteiger partial charge in [0.2, 0.25) is 0 Å². The fraction of sp³-hybridized carbons (Fsp3) is 0.571. The fourth-order valence-electron chi connectivity index (χ4n) is 2.36. The highest BCUT2D eigenvalue weighted by Gasteiger charge is 2.18. The molecular formula is C14H21F2N3. The van der Waals surface area contributed by atoms with E-state index in [1.807, 2.05) is 0 Å². The number of nitrogens with zero attached hydrogens (tertiary/aromatic N) is 2. The monoisotopic (exact) mass is 269 g/mol. The van der Waals surface area contributed by atoms with Gasteiger partial charge in [-0.25, -0.2) is 8.78 Å². The maximum Gasteiger partial charge on any atom is 0.163 e. The van der Waals surface area contributed by atoms with Gasteiger partial charge in [-0.15, -0.1) is 0 Å². The number of benzene rings is 1. The second-order valence-corrected chi connectivity index (χ2v) is 5.18. The number of hydrogen-bond acceptors (Lipinski definition) is 3. The van der Waals surface area contributed by atoms with Crippen LogP contribution in [-0.2, 0) is 0 Å². The Bertz CT molecular complexity index is 417. The molecule has 1 aliphatic heterocycles. The average molecular weight is 269 g/mol. The SMILES string of the molecule is CN1CCN(CCC(N)c2cccc(F)c2F)CC1. The molecule has 1 atom stereocenters. The van der Waals surface area contributed by atoms with Gasteiger partial charge in [0.15, 0.2) is 11.6 Å². The van der Waals surface area contributed by atoms with Crippen LogP contribution in [0.5, 0.6) is 0 Å². The van der Waals surface area contributed by atoms with E-state index >= 15 is 0 Å². The lowest BCUT2D eigenvalue weighted by atomic mass is 10.0. The van der Waals surface area contributed by atoms with Crippen molar-refractivity contribution in [2.45, 2.75) is 12.5 Å². The van der Waals surface area contributed by atoms with Gasteiger partial charge in [-0.3, -0.25) is 0 Å². The lowest BCUT2D eigenvalue weighted by Gasteiger charge is -2.32. The van der Waals surface area contributed by atoms with Gasteiger partial charge in [0.25, 0.3) is 0 Å². The Morgan fingerprint density at radius 1 is 1.21 bits per heavy atom. The number of hydrogen-bond donors (Lipinski definition) is 1. The zero-order valence-electron chi connectivity index (χ0n) is 11.3. The number of halogens is 2. The van der Waals surface area contributed by atoms with E-state index in [-0.39, 0.29) is 5.56 Å². The normalized spacial score (nSPS) is 19.6. The molecule has 0 radical (unpaired) electrons. The first-order valence-corrected chi connectivity index (χ1v) is 6.68. The van der Waals surface area contributed by atoms with E-state index in [9.17, 15) is 8.78 Å². The van der Waals surface area contributed by atoms with Crippen LogP contribution in [0.4, 0.5) is 8.78 Å². The quantitative estimate of drug-likeness (QED) is 0.901. The molecule has 0 spiro atoms. The molecule has 0 bridgehead atoms. The lowest BCUT2D eigenvalue weighted by molar-refractivity contribution is 0.150. The largest absolute Gasteiger partial charge is 0.324 e. The topological polar surface area (TPSA) is 32.5 Å². The van der Waals surface area contributed by atoms with Crippen molar-refractivity contribution in [2.75, 3.05) is 39.8 Å². The van der Waals surface area contributed by atoms with Crippen LogP contribution in [-0.4, -0.2) is 49.6 Å². The van der Waals surface area contributed by atoms with Crippen LogP contribution < -0.4 is 5.73 Å². The summed E-state index contributed by atoms with van der Waals surface area (Å²) in [6.45, 7) is 4.93. The number of piperazine rings is 1. The number of nitrogens with two attached hydrogens (primary N) is 1. The molecule has 0 amide bonds. The van der Waals surface area contributed by atoms with Crippen LogP contribution in [0.25, 0.3) is 0 Å². The van der Waals surface area contributed by atoms with Crippen molar-refractivity contribution in [1.82, 2.24) is 9.80 Å². The smallest absolute Gasteiger partial charge is 0.163 e. The van der Waals surface area contributed by atoms with Crippen LogP contribution in [0, 0.1) is 11.6 Å². The Balaban J connectivity index is 1.87. The van der Waals surface area contributed by atoms with Crippen LogP contribution >= 0.6 is 0 Å². The standard InChI is InChI=1S/C14H21F2N3/c1-18-7-9-19(10-8-18)6-5-13(17)11-3-2-4-12(15)14(11)16/h2-4,13H,5-10,17H2,1H3. The highest BCUT2D eigenvalue weighted by atomic mass is 19.2. The molecule has 0 aromatic heterocycles. The first-order valence-electron chi connectivity index (χ1n) is 6.68. The van der Waals surface area contributed by atoms with E-state index in [0.717, 1.165) is 38.8 Å². The zero-order valence-corrected chi connectivity index (χ0v) is 11.3. The van der Waals surface area contributed by atoms with Crippen molar-refractivity contribution < 1.29 is 8.78 Å². The predicted octanol–water partition coefficient (Wildman–Crippen LogP) is 1.60. The van der Waals surface area contributed by atoms with E-state index < -0.39 is 17.7 Å². The molecule has 2 rings (SSSR count). The highest BCUT2D eigenvalue weighted by Crippen LogP contribution is 2.20. The minimum absolute atomic E-state index is 0.272. The molecule has 3 nitrogen and oxygen atoms in total. The molecule has 106 valence electrons. The van der Waals surface area contributed by atoms with E-state index in [2.05, 4.69) is 16.8 Å². The molecular weight excluding hydrogens is 248 g/mol. The molecule has 1 fully saturated rings. The van der Waals surface area contributed by atoms with Crippen LogP contribution in [0.1, 0.15) is 18.0 Å². The highest BCUT2D eigenvalue weighted by molar-refractivity contribution is 5.22. The van der Waals surface area contributed by atoms with Gasteiger partial charge < -0.3 is 15.5 Å². The molecule has 1 aliphatic rings. The van der Waals surface area contributed by atoms with Gasteiger partial charge >= 0.3 is 0 Å². The third-order valence-corrected chi connectivity index (χ3v) is 3.73. The number of likely N-dealkylation sites (N-methyl/N-ethyl adjacent to an activating group) is 1. The molecule has 1 saturated heterocycles. The van der Waals surface area contributed by atoms with Gasteiger partial charge in [0.1, 0.15) is 0 Å². The van der Waals surface area contributed by atoms with Crippen molar-refractivity contribution in [1.29, 1.82) is 0 Å². The summed E-state index contributed by atoms with van der Waals surface area (Å²) in [5, 5.41) is 0. The summed E-state index contributed by atoms with van der Waals surface area (Å²) in [7, 11) is 2.10. The molecule has 1 aromatic rings. The van der Waals surface area contributed by atoms with E-state index in [4.69, 9.17) is 5.73 Å². The predicted molar refractivity (Wildman–Crippen MR) is 71.8 cm³/mol. The van der Waals surface area contributed by atoms with E-state index in [1.165, 1.54) is 6.07 Å². The summed E-state index contributed by atoms with van der Waals surface area (Å²) >= 11 is 0. The third-order valence-electron chi connectivity index (χ3n) is 3.73. The maximum absolute atomic E-state index is 13.6. The Hall–Kier alpha value is -1.04. The molecule has 0 saturated carbocycles. The summed E-state index contributed by atoms with van der Waals surface area (Å²) in [4.78, 5) is 4.60. The summed E-state index contributed by atoms with van der Waals surface area (Å²) in [5.74, 6) is -1.64. The summed E-state index contributed by atoms with van der Waals surface area (Å²) in [6.07, 6.45) is 0.643. The Morgan fingerprint density at radius 2 is 1.89 bits per heavy atom. The van der Waals surface area contributed by atoms with Gasteiger partial charge in [0.05, 0.1) is 0 Å². The molecule has 5 heteroatoms. The molecule has 0 aliphatic carbocycles. The van der Waals surface area contributed by atoms with Crippen LogP contribution in [0.15, 0.2) is 18.2 Å². The van der Waals surface area contributed by atoms with E-state index in [0.29, 0.717) is 6.42 Å².